The van der Waals surface area contributed by atoms with Crippen molar-refractivity contribution in [2.45, 2.75) is 18.9 Å². The Labute approximate surface area is 178 Å². The Morgan fingerprint density at radius 2 is 2.12 bits per heavy atom. The van der Waals surface area contributed by atoms with Crippen molar-refractivity contribution < 1.29 is 14.2 Å². The van der Waals surface area contributed by atoms with Gasteiger partial charge in [0, 0.05) is 32.3 Å². The van der Waals surface area contributed by atoms with Crippen LogP contribution in [0.15, 0.2) is 29.3 Å². The van der Waals surface area contributed by atoms with Gasteiger partial charge in [0.1, 0.15) is 12.4 Å². The number of likely N-dealkylation sites (N-methyl/N-ethyl adjacent to an activating group) is 1. The standard InChI is InChI=1S/C18H28ClN3O3.HI/c1-20-18(21-9-12-23-14-17-4-3-11-24-17)22(2)10-13-25-16-7-5-15(19)6-8-16;/h5-8,17H,3-4,9-14H2,1-2H3,(H,20,21);1H. The average molecular weight is 498 g/mol. The number of hydrogen-bond acceptors (Lipinski definition) is 4. The lowest BCUT2D eigenvalue weighted by atomic mass is 10.2. The highest BCUT2D eigenvalue weighted by Gasteiger charge is 2.15. The molecule has 2 rings (SSSR count). The maximum absolute atomic E-state index is 5.86. The van der Waals surface area contributed by atoms with Crippen LogP contribution in [0.4, 0.5) is 0 Å². The first-order valence-corrected chi connectivity index (χ1v) is 9.06. The van der Waals surface area contributed by atoms with Crippen molar-refractivity contribution in [3.8, 4) is 5.75 Å². The Morgan fingerprint density at radius 1 is 1.35 bits per heavy atom. The van der Waals surface area contributed by atoms with E-state index in [0.29, 0.717) is 31.4 Å². The summed E-state index contributed by atoms with van der Waals surface area (Å²) in [6.45, 7) is 4.16. The highest BCUT2D eigenvalue weighted by molar-refractivity contribution is 14.0. The zero-order chi connectivity index (χ0) is 17.9. The Morgan fingerprint density at radius 3 is 2.77 bits per heavy atom. The average Bonchev–Trinajstić information content (AvgIpc) is 3.13. The monoisotopic (exact) mass is 497 g/mol. The fourth-order valence-corrected chi connectivity index (χ4v) is 2.67. The van der Waals surface area contributed by atoms with Crippen molar-refractivity contribution in [1.29, 1.82) is 0 Å². The van der Waals surface area contributed by atoms with Gasteiger partial charge in [-0.05, 0) is 37.1 Å². The second-order valence-electron chi connectivity index (χ2n) is 5.91. The van der Waals surface area contributed by atoms with Gasteiger partial charge in [0.15, 0.2) is 5.96 Å². The second-order valence-corrected chi connectivity index (χ2v) is 6.34. The second kappa shape index (κ2) is 13.4. The van der Waals surface area contributed by atoms with E-state index >= 15 is 0 Å². The molecule has 1 aromatic carbocycles. The SMILES string of the molecule is CN=C(NCCOCC1CCCO1)N(C)CCOc1ccc(Cl)cc1.I. The van der Waals surface area contributed by atoms with E-state index in [1.807, 2.05) is 36.2 Å². The Bertz CT molecular complexity index is 525. The lowest BCUT2D eigenvalue weighted by Gasteiger charge is -2.22. The van der Waals surface area contributed by atoms with Crippen LogP contribution in [0.1, 0.15) is 12.8 Å². The van der Waals surface area contributed by atoms with E-state index < -0.39 is 0 Å². The predicted molar refractivity (Wildman–Crippen MR) is 116 cm³/mol. The molecule has 1 heterocycles. The van der Waals surface area contributed by atoms with Crippen molar-refractivity contribution in [2.75, 3.05) is 53.6 Å². The van der Waals surface area contributed by atoms with Gasteiger partial charge in [-0.15, -0.1) is 24.0 Å². The smallest absolute Gasteiger partial charge is 0.193 e. The van der Waals surface area contributed by atoms with Gasteiger partial charge in [0.25, 0.3) is 0 Å². The molecule has 0 spiro atoms. The number of aliphatic imine (C=N–C) groups is 1. The number of guanidine groups is 1. The number of nitrogens with one attached hydrogen (secondary N) is 1. The largest absolute Gasteiger partial charge is 0.492 e. The van der Waals surface area contributed by atoms with Crippen molar-refractivity contribution in [1.82, 2.24) is 10.2 Å². The summed E-state index contributed by atoms with van der Waals surface area (Å²) in [6.07, 6.45) is 2.51. The summed E-state index contributed by atoms with van der Waals surface area (Å²) >= 11 is 5.86. The minimum absolute atomic E-state index is 0. The summed E-state index contributed by atoms with van der Waals surface area (Å²) in [7, 11) is 3.75. The van der Waals surface area contributed by atoms with Crippen LogP contribution in [0.25, 0.3) is 0 Å². The maximum Gasteiger partial charge on any atom is 0.193 e. The van der Waals surface area contributed by atoms with Gasteiger partial charge in [0.05, 0.1) is 25.9 Å². The summed E-state index contributed by atoms with van der Waals surface area (Å²) in [5.41, 5.74) is 0. The molecule has 1 unspecified atom stereocenters. The van der Waals surface area contributed by atoms with Crippen molar-refractivity contribution in [3.63, 3.8) is 0 Å². The number of benzene rings is 1. The third kappa shape index (κ3) is 8.75. The van der Waals surface area contributed by atoms with E-state index in [2.05, 4.69) is 10.3 Å². The van der Waals surface area contributed by atoms with Crippen molar-refractivity contribution in [3.05, 3.63) is 29.3 Å². The highest BCUT2D eigenvalue weighted by Crippen LogP contribution is 2.15. The molecular weight excluding hydrogens is 469 g/mol. The Balaban J connectivity index is 0.00000338. The molecule has 0 amide bonds. The summed E-state index contributed by atoms with van der Waals surface area (Å²) in [6, 6.07) is 7.36. The highest BCUT2D eigenvalue weighted by atomic mass is 127. The molecule has 26 heavy (non-hydrogen) atoms. The molecule has 1 saturated heterocycles. The first-order chi connectivity index (χ1) is 12.2. The molecule has 148 valence electrons. The summed E-state index contributed by atoms with van der Waals surface area (Å²) in [4.78, 5) is 6.30. The third-order valence-electron chi connectivity index (χ3n) is 3.94. The van der Waals surface area contributed by atoms with E-state index in [-0.39, 0.29) is 30.1 Å². The molecule has 0 aromatic heterocycles. The lowest BCUT2D eigenvalue weighted by molar-refractivity contribution is 0.0190. The van der Waals surface area contributed by atoms with E-state index in [1.54, 1.807) is 7.05 Å². The summed E-state index contributed by atoms with van der Waals surface area (Å²) in [5, 5.41) is 3.99. The molecule has 8 heteroatoms. The molecule has 1 aromatic rings. The fourth-order valence-electron chi connectivity index (χ4n) is 2.55. The molecule has 1 fully saturated rings. The van der Waals surface area contributed by atoms with Crippen LogP contribution in [-0.4, -0.2) is 70.6 Å². The van der Waals surface area contributed by atoms with Gasteiger partial charge in [0.2, 0.25) is 0 Å². The van der Waals surface area contributed by atoms with Crippen molar-refractivity contribution >= 4 is 41.5 Å². The number of hydrogen-bond donors (Lipinski definition) is 1. The normalized spacial score (nSPS) is 16.9. The van der Waals surface area contributed by atoms with Crippen LogP contribution in [0.5, 0.6) is 5.75 Å². The Kier molecular flexibility index (Phi) is 12.0. The predicted octanol–water partition coefficient (Wildman–Crippen LogP) is 3.04. The topological polar surface area (TPSA) is 55.3 Å². The van der Waals surface area contributed by atoms with Gasteiger partial charge in [-0.25, -0.2) is 0 Å². The third-order valence-corrected chi connectivity index (χ3v) is 4.19. The van der Waals surface area contributed by atoms with Crippen LogP contribution in [0, 0.1) is 0 Å². The summed E-state index contributed by atoms with van der Waals surface area (Å²) in [5.74, 6) is 1.63. The number of rotatable bonds is 9. The van der Waals surface area contributed by atoms with Crippen molar-refractivity contribution in [2.24, 2.45) is 4.99 Å². The molecule has 0 aliphatic carbocycles. The lowest BCUT2D eigenvalue weighted by Crippen LogP contribution is -2.42. The van der Waals surface area contributed by atoms with Gasteiger partial charge in [-0.2, -0.15) is 0 Å². The quantitative estimate of drug-likeness (QED) is 0.246. The van der Waals surface area contributed by atoms with Crippen LogP contribution in [-0.2, 0) is 9.47 Å². The maximum atomic E-state index is 5.86. The van der Waals surface area contributed by atoms with Gasteiger partial charge in [-0.1, -0.05) is 11.6 Å². The molecule has 6 nitrogen and oxygen atoms in total. The first-order valence-electron chi connectivity index (χ1n) is 8.68. The van der Waals surface area contributed by atoms with Crippen LogP contribution in [0.2, 0.25) is 5.02 Å². The van der Waals surface area contributed by atoms with E-state index in [0.717, 1.165) is 37.7 Å². The van der Waals surface area contributed by atoms with E-state index in [9.17, 15) is 0 Å². The fraction of sp³-hybridized carbons (Fsp3) is 0.611. The molecule has 1 aliphatic rings. The molecule has 0 saturated carbocycles. The van der Waals surface area contributed by atoms with Gasteiger partial charge in [-0.3, -0.25) is 4.99 Å². The van der Waals surface area contributed by atoms with E-state index in [4.69, 9.17) is 25.8 Å². The minimum atomic E-state index is 0. The van der Waals surface area contributed by atoms with Crippen LogP contribution in [0.3, 0.4) is 0 Å². The zero-order valence-electron chi connectivity index (χ0n) is 15.4. The molecule has 0 bridgehead atoms. The molecule has 1 N–H and O–H groups in total. The minimum Gasteiger partial charge on any atom is -0.492 e. The van der Waals surface area contributed by atoms with Crippen LogP contribution >= 0.6 is 35.6 Å². The number of halogens is 2. The molecule has 1 aliphatic heterocycles. The molecule has 0 radical (unpaired) electrons. The molecular formula is C18H29ClIN3O3. The molecule has 1 atom stereocenters. The number of ether oxygens (including phenoxy) is 3. The van der Waals surface area contributed by atoms with E-state index in [1.165, 1.54) is 0 Å². The number of nitrogens with zero attached hydrogens (tertiary/aromatic N) is 2. The zero-order valence-corrected chi connectivity index (χ0v) is 18.5. The van der Waals surface area contributed by atoms with Gasteiger partial charge < -0.3 is 24.4 Å². The Hall–Kier alpha value is -0.770. The van der Waals surface area contributed by atoms with Gasteiger partial charge >= 0.3 is 0 Å². The first kappa shape index (κ1) is 23.3. The summed E-state index contributed by atoms with van der Waals surface area (Å²) < 4.78 is 16.9. The van der Waals surface area contributed by atoms with Crippen LogP contribution < -0.4 is 10.1 Å².